The molecular formula is C14H20O2. The molecular weight excluding hydrogens is 200 g/mol. The summed E-state index contributed by atoms with van der Waals surface area (Å²) in [6.07, 6.45) is 2.53. The first-order valence-corrected chi connectivity index (χ1v) is 5.93. The van der Waals surface area contributed by atoms with Gasteiger partial charge in [-0.2, -0.15) is 0 Å². The first kappa shape index (κ1) is 11.3. The van der Waals surface area contributed by atoms with Crippen LogP contribution in [0.3, 0.4) is 0 Å². The van der Waals surface area contributed by atoms with Gasteiger partial charge in [-0.3, -0.25) is 0 Å². The normalized spacial score (nSPS) is 16.2. The van der Waals surface area contributed by atoms with Crippen LogP contribution >= 0.6 is 0 Å². The van der Waals surface area contributed by atoms with E-state index in [1.165, 1.54) is 18.4 Å². The zero-order valence-electron chi connectivity index (χ0n) is 10.3. The predicted molar refractivity (Wildman–Crippen MR) is 65.0 cm³/mol. The number of hydrogen-bond acceptors (Lipinski definition) is 2. The Labute approximate surface area is 97.3 Å². The number of aromatic hydroxyl groups is 1. The third kappa shape index (κ3) is 2.69. The number of phenols is 1. The number of ether oxygens (including phenoxy) is 1. The van der Waals surface area contributed by atoms with E-state index in [-0.39, 0.29) is 11.2 Å². The fraction of sp³-hybridized carbons (Fsp3) is 0.571. The zero-order valence-corrected chi connectivity index (χ0v) is 10.3. The SMILES string of the molecule is CC(C)(C)c1ccc(O)c(OCC2CC2)c1. The fourth-order valence-corrected chi connectivity index (χ4v) is 1.59. The van der Waals surface area contributed by atoms with Gasteiger partial charge in [0.05, 0.1) is 6.61 Å². The molecule has 88 valence electrons. The summed E-state index contributed by atoms with van der Waals surface area (Å²) in [5.41, 5.74) is 1.28. The lowest BCUT2D eigenvalue weighted by Gasteiger charge is -2.20. The Bertz CT molecular complexity index is 373. The average molecular weight is 220 g/mol. The summed E-state index contributed by atoms with van der Waals surface area (Å²) in [6.45, 7) is 7.21. The van der Waals surface area contributed by atoms with Crippen molar-refractivity contribution in [1.29, 1.82) is 0 Å². The van der Waals surface area contributed by atoms with Crippen molar-refractivity contribution >= 4 is 0 Å². The maximum atomic E-state index is 9.71. The van der Waals surface area contributed by atoms with Gasteiger partial charge in [-0.25, -0.2) is 0 Å². The van der Waals surface area contributed by atoms with Crippen LogP contribution in [0.5, 0.6) is 11.5 Å². The standard InChI is InChI=1S/C14H20O2/c1-14(2,3)11-6-7-12(15)13(8-11)16-9-10-4-5-10/h6-8,10,15H,4-5,9H2,1-3H3. The van der Waals surface area contributed by atoms with Crippen LogP contribution < -0.4 is 4.74 Å². The van der Waals surface area contributed by atoms with Crippen LogP contribution in [0.15, 0.2) is 18.2 Å². The molecule has 2 heteroatoms. The summed E-state index contributed by atoms with van der Waals surface area (Å²) in [5, 5.41) is 9.71. The van der Waals surface area contributed by atoms with E-state index in [1.807, 2.05) is 12.1 Å². The molecule has 1 N–H and O–H groups in total. The van der Waals surface area contributed by atoms with Crippen LogP contribution in [0.2, 0.25) is 0 Å². The van der Waals surface area contributed by atoms with Gasteiger partial charge < -0.3 is 9.84 Å². The highest BCUT2D eigenvalue weighted by Crippen LogP contribution is 2.35. The van der Waals surface area contributed by atoms with Gasteiger partial charge in [-0.05, 0) is 41.9 Å². The minimum Gasteiger partial charge on any atom is -0.504 e. The Morgan fingerprint density at radius 1 is 1.31 bits per heavy atom. The van der Waals surface area contributed by atoms with Crippen molar-refractivity contribution in [3.05, 3.63) is 23.8 Å². The van der Waals surface area contributed by atoms with Crippen LogP contribution in [0.4, 0.5) is 0 Å². The van der Waals surface area contributed by atoms with Gasteiger partial charge in [0.1, 0.15) is 0 Å². The van der Waals surface area contributed by atoms with Crippen LogP contribution in [-0.4, -0.2) is 11.7 Å². The summed E-state index contributed by atoms with van der Waals surface area (Å²) >= 11 is 0. The first-order valence-electron chi connectivity index (χ1n) is 5.93. The van der Waals surface area contributed by atoms with Crippen molar-refractivity contribution < 1.29 is 9.84 Å². The highest BCUT2D eigenvalue weighted by Gasteiger charge is 2.23. The van der Waals surface area contributed by atoms with Crippen LogP contribution in [0.25, 0.3) is 0 Å². The Kier molecular flexibility index (Phi) is 2.83. The minimum atomic E-state index is 0.0887. The van der Waals surface area contributed by atoms with Crippen molar-refractivity contribution in [2.45, 2.75) is 39.0 Å². The summed E-state index contributed by atoms with van der Waals surface area (Å²) in [4.78, 5) is 0. The Morgan fingerprint density at radius 2 is 2.00 bits per heavy atom. The van der Waals surface area contributed by atoms with E-state index in [9.17, 15) is 5.11 Å². The maximum Gasteiger partial charge on any atom is 0.161 e. The van der Waals surface area contributed by atoms with Gasteiger partial charge in [0, 0.05) is 0 Å². The molecule has 0 amide bonds. The van der Waals surface area contributed by atoms with Crippen molar-refractivity contribution in [3.8, 4) is 11.5 Å². The number of phenolic OH excluding ortho intramolecular Hbond substituents is 1. The molecule has 0 heterocycles. The third-order valence-electron chi connectivity index (χ3n) is 3.00. The zero-order chi connectivity index (χ0) is 11.8. The van der Waals surface area contributed by atoms with E-state index in [2.05, 4.69) is 20.8 Å². The second kappa shape index (κ2) is 4.00. The van der Waals surface area contributed by atoms with Crippen LogP contribution in [0, 0.1) is 5.92 Å². The summed E-state index contributed by atoms with van der Waals surface area (Å²) in [6, 6.07) is 5.64. The van der Waals surface area contributed by atoms with E-state index < -0.39 is 0 Å². The molecule has 0 bridgehead atoms. The van der Waals surface area contributed by atoms with E-state index in [0.717, 1.165) is 6.61 Å². The molecule has 1 aromatic rings. The van der Waals surface area contributed by atoms with E-state index in [0.29, 0.717) is 11.7 Å². The largest absolute Gasteiger partial charge is 0.504 e. The van der Waals surface area contributed by atoms with Crippen molar-refractivity contribution in [2.75, 3.05) is 6.61 Å². The molecule has 0 aromatic heterocycles. The monoisotopic (exact) mass is 220 g/mol. The molecule has 0 spiro atoms. The lowest BCUT2D eigenvalue weighted by atomic mass is 9.87. The van der Waals surface area contributed by atoms with Crippen LogP contribution in [0.1, 0.15) is 39.2 Å². The molecule has 16 heavy (non-hydrogen) atoms. The third-order valence-corrected chi connectivity index (χ3v) is 3.00. The highest BCUT2D eigenvalue weighted by molar-refractivity contribution is 5.43. The molecule has 0 unspecified atom stereocenters. The molecule has 1 aromatic carbocycles. The molecule has 2 rings (SSSR count). The maximum absolute atomic E-state index is 9.71. The second-order valence-electron chi connectivity index (χ2n) is 5.69. The lowest BCUT2D eigenvalue weighted by molar-refractivity contribution is 0.283. The molecule has 0 radical (unpaired) electrons. The average Bonchev–Trinajstić information content (AvgIpc) is 2.98. The Morgan fingerprint density at radius 3 is 2.56 bits per heavy atom. The van der Waals surface area contributed by atoms with E-state index in [1.54, 1.807) is 6.07 Å². The number of rotatable bonds is 3. The van der Waals surface area contributed by atoms with Gasteiger partial charge in [-0.15, -0.1) is 0 Å². The number of benzene rings is 1. The smallest absolute Gasteiger partial charge is 0.161 e. The molecule has 2 nitrogen and oxygen atoms in total. The van der Waals surface area contributed by atoms with Crippen LogP contribution in [-0.2, 0) is 5.41 Å². The summed E-state index contributed by atoms with van der Waals surface area (Å²) < 4.78 is 5.65. The minimum absolute atomic E-state index is 0.0887. The molecule has 1 aliphatic carbocycles. The molecule has 0 saturated heterocycles. The second-order valence-corrected chi connectivity index (χ2v) is 5.69. The number of hydrogen-bond donors (Lipinski definition) is 1. The van der Waals surface area contributed by atoms with Crippen molar-refractivity contribution in [1.82, 2.24) is 0 Å². The quantitative estimate of drug-likeness (QED) is 0.845. The molecule has 1 saturated carbocycles. The lowest BCUT2D eigenvalue weighted by Crippen LogP contribution is -2.11. The summed E-state index contributed by atoms with van der Waals surface area (Å²) in [7, 11) is 0. The Hall–Kier alpha value is -1.18. The first-order chi connectivity index (χ1) is 7.47. The van der Waals surface area contributed by atoms with Gasteiger partial charge >= 0.3 is 0 Å². The Balaban J connectivity index is 2.14. The van der Waals surface area contributed by atoms with Gasteiger partial charge in [0.25, 0.3) is 0 Å². The van der Waals surface area contributed by atoms with E-state index >= 15 is 0 Å². The van der Waals surface area contributed by atoms with Crippen molar-refractivity contribution in [3.63, 3.8) is 0 Å². The molecule has 0 aliphatic heterocycles. The van der Waals surface area contributed by atoms with E-state index in [4.69, 9.17) is 4.74 Å². The molecule has 1 fully saturated rings. The highest BCUT2D eigenvalue weighted by atomic mass is 16.5. The van der Waals surface area contributed by atoms with Gasteiger partial charge in [-0.1, -0.05) is 26.8 Å². The fourth-order valence-electron chi connectivity index (χ4n) is 1.59. The van der Waals surface area contributed by atoms with Crippen molar-refractivity contribution in [2.24, 2.45) is 5.92 Å². The van der Waals surface area contributed by atoms with Gasteiger partial charge in [0.2, 0.25) is 0 Å². The molecule has 1 aliphatic rings. The predicted octanol–water partition coefficient (Wildman–Crippen LogP) is 3.48. The topological polar surface area (TPSA) is 29.5 Å². The molecule has 0 atom stereocenters. The van der Waals surface area contributed by atoms with Gasteiger partial charge in [0.15, 0.2) is 11.5 Å². The summed E-state index contributed by atoms with van der Waals surface area (Å²) in [5.74, 6) is 1.57.